The molecule has 1 atom stereocenters. The van der Waals surface area contributed by atoms with Gasteiger partial charge in [0.15, 0.2) is 0 Å². The average Bonchev–Trinajstić information content (AvgIpc) is 2.05. The van der Waals surface area contributed by atoms with Gasteiger partial charge >= 0.3 is 5.97 Å². The highest BCUT2D eigenvalue weighted by Crippen LogP contribution is 2.06. The molecule has 12 heavy (non-hydrogen) atoms. The Morgan fingerprint density at radius 2 is 2.17 bits per heavy atom. The van der Waals surface area contributed by atoms with Gasteiger partial charge < -0.3 is 9.84 Å². The summed E-state index contributed by atoms with van der Waals surface area (Å²) in [6.45, 7) is 2.10. The monoisotopic (exact) mass is 174 g/mol. The zero-order valence-corrected chi connectivity index (χ0v) is 7.88. The van der Waals surface area contributed by atoms with E-state index < -0.39 is 6.10 Å². The molecule has 0 aliphatic heterocycles. The summed E-state index contributed by atoms with van der Waals surface area (Å²) in [5, 5.41) is 9.28. The van der Waals surface area contributed by atoms with Crippen molar-refractivity contribution in [1.82, 2.24) is 0 Å². The van der Waals surface area contributed by atoms with E-state index in [2.05, 4.69) is 11.7 Å². The van der Waals surface area contributed by atoms with E-state index in [4.69, 9.17) is 0 Å². The number of carbonyl (C=O) groups excluding carboxylic acids is 1. The molecular formula is C9H18O3. The van der Waals surface area contributed by atoms with Gasteiger partial charge in [0.05, 0.1) is 19.6 Å². The maximum atomic E-state index is 10.7. The summed E-state index contributed by atoms with van der Waals surface area (Å²) in [6, 6.07) is 0. The Bertz CT molecular complexity index is 123. The fourth-order valence-corrected chi connectivity index (χ4v) is 1.01. The van der Waals surface area contributed by atoms with Gasteiger partial charge in [-0.25, -0.2) is 0 Å². The van der Waals surface area contributed by atoms with Gasteiger partial charge in [-0.1, -0.05) is 26.2 Å². The van der Waals surface area contributed by atoms with Crippen LogP contribution < -0.4 is 0 Å². The van der Waals surface area contributed by atoms with Crippen LogP contribution in [0, 0.1) is 0 Å². The van der Waals surface area contributed by atoms with Crippen LogP contribution in [-0.4, -0.2) is 24.3 Å². The third kappa shape index (κ3) is 6.16. The van der Waals surface area contributed by atoms with Gasteiger partial charge in [0.25, 0.3) is 0 Å². The first kappa shape index (κ1) is 11.4. The summed E-state index contributed by atoms with van der Waals surface area (Å²) in [5.41, 5.74) is 0. The van der Waals surface area contributed by atoms with Crippen molar-refractivity contribution in [2.24, 2.45) is 0 Å². The van der Waals surface area contributed by atoms with Gasteiger partial charge in [0.2, 0.25) is 0 Å². The highest BCUT2D eigenvalue weighted by atomic mass is 16.5. The average molecular weight is 174 g/mol. The minimum absolute atomic E-state index is 0.125. The molecule has 0 aromatic carbocycles. The van der Waals surface area contributed by atoms with E-state index in [1.165, 1.54) is 7.11 Å². The Morgan fingerprint density at radius 3 is 2.67 bits per heavy atom. The van der Waals surface area contributed by atoms with Crippen LogP contribution in [0.5, 0.6) is 0 Å². The first-order valence-corrected chi connectivity index (χ1v) is 4.45. The number of hydrogen-bond acceptors (Lipinski definition) is 3. The number of carbonyl (C=O) groups is 1. The van der Waals surface area contributed by atoms with Crippen LogP contribution in [0.3, 0.4) is 0 Å². The zero-order chi connectivity index (χ0) is 9.40. The topological polar surface area (TPSA) is 46.5 Å². The number of esters is 1. The van der Waals surface area contributed by atoms with Crippen molar-refractivity contribution in [2.75, 3.05) is 7.11 Å². The third-order valence-electron chi connectivity index (χ3n) is 1.77. The van der Waals surface area contributed by atoms with Crippen LogP contribution in [0.15, 0.2) is 0 Å². The van der Waals surface area contributed by atoms with Crippen LogP contribution in [0.2, 0.25) is 0 Å². The second-order valence-corrected chi connectivity index (χ2v) is 2.93. The molecule has 0 aliphatic carbocycles. The smallest absolute Gasteiger partial charge is 0.308 e. The Kier molecular flexibility index (Phi) is 6.76. The molecule has 0 heterocycles. The van der Waals surface area contributed by atoms with Crippen molar-refractivity contribution in [1.29, 1.82) is 0 Å². The lowest BCUT2D eigenvalue weighted by molar-refractivity contribution is -0.142. The largest absolute Gasteiger partial charge is 0.469 e. The Labute approximate surface area is 73.7 Å². The van der Waals surface area contributed by atoms with E-state index >= 15 is 0 Å². The molecule has 1 N–H and O–H groups in total. The summed E-state index contributed by atoms with van der Waals surface area (Å²) < 4.78 is 4.43. The van der Waals surface area contributed by atoms with Crippen LogP contribution >= 0.6 is 0 Å². The second-order valence-electron chi connectivity index (χ2n) is 2.93. The molecule has 0 spiro atoms. The zero-order valence-electron chi connectivity index (χ0n) is 7.88. The van der Waals surface area contributed by atoms with E-state index in [0.717, 1.165) is 19.3 Å². The van der Waals surface area contributed by atoms with E-state index in [0.29, 0.717) is 6.42 Å². The molecule has 0 saturated carbocycles. The molecule has 0 aliphatic rings. The van der Waals surface area contributed by atoms with Crippen LogP contribution in [-0.2, 0) is 9.53 Å². The van der Waals surface area contributed by atoms with Gasteiger partial charge in [-0.2, -0.15) is 0 Å². The maximum absolute atomic E-state index is 10.7. The lowest BCUT2D eigenvalue weighted by Crippen LogP contribution is -2.14. The van der Waals surface area contributed by atoms with E-state index in [1.807, 2.05) is 0 Å². The molecule has 3 heteroatoms. The number of aliphatic hydroxyl groups is 1. The van der Waals surface area contributed by atoms with Gasteiger partial charge in [-0.3, -0.25) is 4.79 Å². The molecular weight excluding hydrogens is 156 g/mol. The lowest BCUT2D eigenvalue weighted by Gasteiger charge is -2.07. The Balaban J connectivity index is 3.32. The molecule has 72 valence electrons. The molecule has 0 bridgehead atoms. The lowest BCUT2D eigenvalue weighted by atomic mass is 10.1. The van der Waals surface area contributed by atoms with Crippen molar-refractivity contribution < 1.29 is 14.6 Å². The van der Waals surface area contributed by atoms with E-state index in [-0.39, 0.29) is 12.4 Å². The van der Waals surface area contributed by atoms with Gasteiger partial charge in [-0.15, -0.1) is 0 Å². The molecule has 0 radical (unpaired) electrons. The summed E-state index contributed by atoms with van der Waals surface area (Å²) in [4.78, 5) is 10.7. The SMILES string of the molecule is CCCCC[C@H](O)CC(=O)OC. The molecule has 0 unspecified atom stereocenters. The molecule has 0 fully saturated rings. The van der Waals surface area contributed by atoms with Gasteiger partial charge in [-0.05, 0) is 6.42 Å². The Morgan fingerprint density at radius 1 is 1.50 bits per heavy atom. The fourth-order valence-electron chi connectivity index (χ4n) is 1.01. The minimum Gasteiger partial charge on any atom is -0.469 e. The van der Waals surface area contributed by atoms with Crippen molar-refractivity contribution in [3.05, 3.63) is 0 Å². The number of hydrogen-bond donors (Lipinski definition) is 1. The maximum Gasteiger partial charge on any atom is 0.308 e. The number of methoxy groups -OCH3 is 1. The van der Waals surface area contributed by atoms with Crippen LogP contribution in [0.25, 0.3) is 0 Å². The van der Waals surface area contributed by atoms with E-state index in [1.54, 1.807) is 0 Å². The fraction of sp³-hybridized carbons (Fsp3) is 0.889. The summed E-state index contributed by atoms with van der Waals surface area (Å²) in [6.07, 6.45) is 3.52. The van der Waals surface area contributed by atoms with Gasteiger partial charge in [0, 0.05) is 0 Å². The van der Waals surface area contributed by atoms with Crippen molar-refractivity contribution in [3.8, 4) is 0 Å². The van der Waals surface area contributed by atoms with Crippen molar-refractivity contribution in [3.63, 3.8) is 0 Å². The first-order valence-electron chi connectivity index (χ1n) is 4.45. The highest BCUT2D eigenvalue weighted by Gasteiger charge is 2.09. The molecule has 0 amide bonds. The highest BCUT2D eigenvalue weighted by molar-refractivity contribution is 5.69. The predicted octanol–water partition coefficient (Wildman–Crippen LogP) is 1.49. The van der Waals surface area contributed by atoms with Crippen LogP contribution in [0.4, 0.5) is 0 Å². The quantitative estimate of drug-likeness (QED) is 0.490. The first-order chi connectivity index (χ1) is 5.70. The van der Waals surface area contributed by atoms with Crippen LogP contribution in [0.1, 0.15) is 39.0 Å². The molecule has 0 aromatic rings. The van der Waals surface area contributed by atoms with Gasteiger partial charge in [0.1, 0.15) is 0 Å². The number of rotatable bonds is 6. The van der Waals surface area contributed by atoms with Crippen molar-refractivity contribution in [2.45, 2.75) is 45.1 Å². The number of unbranched alkanes of at least 4 members (excludes halogenated alkanes) is 2. The van der Waals surface area contributed by atoms with E-state index in [9.17, 15) is 9.90 Å². The predicted molar refractivity (Wildman–Crippen MR) is 46.8 cm³/mol. The summed E-state index contributed by atoms with van der Waals surface area (Å²) in [5.74, 6) is -0.334. The minimum atomic E-state index is -0.524. The molecule has 0 rings (SSSR count). The normalized spacial score (nSPS) is 12.6. The Hall–Kier alpha value is -0.570. The standard InChI is InChI=1S/C9H18O3/c1-3-4-5-6-8(10)7-9(11)12-2/h8,10H,3-7H2,1-2H3/t8-/m0/s1. The number of aliphatic hydroxyl groups excluding tert-OH is 1. The third-order valence-corrected chi connectivity index (χ3v) is 1.77. The summed E-state index contributed by atoms with van der Waals surface area (Å²) >= 11 is 0. The van der Waals surface area contributed by atoms with Crippen molar-refractivity contribution >= 4 is 5.97 Å². The number of ether oxygens (including phenoxy) is 1. The second kappa shape index (κ2) is 7.10. The molecule has 0 saturated heterocycles. The molecule has 0 aromatic heterocycles. The summed E-state index contributed by atoms with van der Waals surface area (Å²) in [7, 11) is 1.33. The molecule has 3 nitrogen and oxygen atoms in total.